The summed E-state index contributed by atoms with van der Waals surface area (Å²) in [5, 5.41) is 11.1. The Balaban J connectivity index is 2.22. The second-order valence-corrected chi connectivity index (χ2v) is 5.94. The molecule has 1 aromatic rings. The molecule has 21 heavy (non-hydrogen) atoms. The van der Waals surface area contributed by atoms with Crippen molar-refractivity contribution in [2.24, 2.45) is 0 Å². The van der Waals surface area contributed by atoms with Gasteiger partial charge in [0, 0.05) is 31.3 Å². The maximum absolute atomic E-state index is 12.5. The van der Waals surface area contributed by atoms with Crippen LogP contribution in [0, 0.1) is 10.1 Å². The SMILES string of the molecule is CSc1ccc(C(=O)N2CCCN(C)CC2)cc1[N+](=O)[O-]. The zero-order valence-corrected chi connectivity index (χ0v) is 13.1. The fraction of sp³-hybridized carbons (Fsp3) is 0.500. The van der Waals surface area contributed by atoms with Crippen molar-refractivity contribution < 1.29 is 9.72 Å². The lowest BCUT2D eigenvalue weighted by Crippen LogP contribution is -2.34. The minimum atomic E-state index is -0.432. The Bertz CT molecular complexity index is 550. The van der Waals surface area contributed by atoms with Gasteiger partial charge < -0.3 is 9.80 Å². The number of thioether (sulfide) groups is 1. The highest BCUT2D eigenvalue weighted by molar-refractivity contribution is 7.98. The van der Waals surface area contributed by atoms with Gasteiger partial charge in [-0.15, -0.1) is 11.8 Å². The maximum Gasteiger partial charge on any atom is 0.283 e. The van der Waals surface area contributed by atoms with E-state index in [1.54, 1.807) is 23.3 Å². The molecule has 114 valence electrons. The summed E-state index contributed by atoms with van der Waals surface area (Å²) in [6.45, 7) is 3.15. The molecule has 1 amide bonds. The van der Waals surface area contributed by atoms with Crippen molar-refractivity contribution in [1.29, 1.82) is 0 Å². The van der Waals surface area contributed by atoms with Crippen LogP contribution in [-0.4, -0.2) is 60.1 Å². The van der Waals surface area contributed by atoms with E-state index in [-0.39, 0.29) is 11.6 Å². The molecule has 1 fully saturated rings. The van der Waals surface area contributed by atoms with Crippen molar-refractivity contribution in [3.63, 3.8) is 0 Å². The van der Waals surface area contributed by atoms with Crippen LogP contribution in [0.15, 0.2) is 23.1 Å². The van der Waals surface area contributed by atoms with Gasteiger partial charge in [0.15, 0.2) is 0 Å². The van der Waals surface area contributed by atoms with Gasteiger partial charge in [-0.05, 0) is 38.4 Å². The molecule has 1 aromatic carbocycles. The van der Waals surface area contributed by atoms with Gasteiger partial charge in [0.1, 0.15) is 0 Å². The van der Waals surface area contributed by atoms with Crippen molar-refractivity contribution in [2.45, 2.75) is 11.3 Å². The number of nitro benzene ring substituents is 1. The molecule has 1 heterocycles. The van der Waals surface area contributed by atoms with Gasteiger partial charge in [0.2, 0.25) is 0 Å². The van der Waals surface area contributed by atoms with E-state index >= 15 is 0 Å². The van der Waals surface area contributed by atoms with Crippen molar-refractivity contribution in [3.8, 4) is 0 Å². The van der Waals surface area contributed by atoms with Crippen molar-refractivity contribution >= 4 is 23.4 Å². The molecular weight excluding hydrogens is 290 g/mol. The maximum atomic E-state index is 12.5. The minimum absolute atomic E-state index is 0.000269. The number of hydrogen-bond acceptors (Lipinski definition) is 5. The summed E-state index contributed by atoms with van der Waals surface area (Å²) in [6.07, 6.45) is 2.71. The van der Waals surface area contributed by atoms with Crippen LogP contribution in [0.25, 0.3) is 0 Å². The summed E-state index contributed by atoms with van der Waals surface area (Å²) >= 11 is 1.31. The van der Waals surface area contributed by atoms with Crippen LogP contribution in [-0.2, 0) is 0 Å². The lowest BCUT2D eigenvalue weighted by molar-refractivity contribution is -0.387. The van der Waals surface area contributed by atoms with Gasteiger partial charge in [-0.3, -0.25) is 14.9 Å². The van der Waals surface area contributed by atoms with Gasteiger partial charge in [-0.1, -0.05) is 0 Å². The zero-order valence-electron chi connectivity index (χ0n) is 12.2. The Labute approximate surface area is 128 Å². The second kappa shape index (κ2) is 6.91. The molecule has 0 bridgehead atoms. The molecule has 0 unspecified atom stereocenters. The lowest BCUT2D eigenvalue weighted by Gasteiger charge is -2.20. The van der Waals surface area contributed by atoms with E-state index in [0.717, 1.165) is 19.5 Å². The van der Waals surface area contributed by atoms with E-state index in [2.05, 4.69) is 4.90 Å². The topological polar surface area (TPSA) is 66.7 Å². The Morgan fingerprint density at radius 2 is 2.05 bits per heavy atom. The monoisotopic (exact) mass is 309 g/mol. The zero-order chi connectivity index (χ0) is 15.4. The third kappa shape index (κ3) is 3.74. The summed E-state index contributed by atoms with van der Waals surface area (Å²) in [5.74, 6) is -0.124. The van der Waals surface area contributed by atoms with E-state index in [1.165, 1.54) is 17.8 Å². The molecule has 0 N–H and O–H groups in total. The first-order chi connectivity index (χ1) is 10.0. The molecule has 0 aliphatic carbocycles. The standard InChI is InChI=1S/C14H19N3O3S/c1-15-6-3-7-16(9-8-15)14(18)11-4-5-13(21-2)12(10-11)17(19)20/h4-5,10H,3,6-9H2,1-2H3. The Morgan fingerprint density at radius 1 is 1.29 bits per heavy atom. The molecule has 0 spiro atoms. The molecule has 7 heteroatoms. The normalized spacial score (nSPS) is 16.6. The van der Waals surface area contributed by atoms with Gasteiger partial charge in [-0.25, -0.2) is 0 Å². The van der Waals surface area contributed by atoms with E-state index in [9.17, 15) is 14.9 Å². The van der Waals surface area contributed by atoms with E-state index in [0.29, 0.717) is 23.5 Å². The summed E-state index contributed by atoms with van der Waals surface area (Å²) in [6, 6.07) is 4.72. The highest BCUT2D eigenvalue weighted by Crippen LogP contribution is 2.28. The molecule has 0 saturated carbocycles. The second-order valence-electron chi connectivity index (χ2n) is 5.09. The van der Waals surface area contributed by atoms with Gasteiger partial charge in [0.25, 0.3) is 11.6 Å². The number of rotatable bonds is 3. The summed E-state index contributed by atoms with van der Waals surface area (Å²) in [5.41, 5.74) is 0.393. The molecule has 1 saturated heterocycles. The first-order valence-electron chi connectivity index (χ1n) is 6.83. The van der Waals surface area contributed by atoms with Crippen molar-refractivity contribution in [1.82, 2.24) is 9.80 Å². The number of benzene rings is 1. The first-order valence-corrected chi connectivity index (χ1v) is 8.05. The molecule has 6 nitrogen and oxygen atoms in total. The molecule has 0 atom stereocenters. The fourth-order valence-corrected chi connectivity index (χ4v) is 2.94. The van der Waals surface area contributed by atoms with Crippen LogP contribution in [0.2, 0.25) is 0 Å². The predicted octanol–water partition coefficient (Wildman–Crippen LogP) is 2.09. The molecule has 0 radical (unpaired) electrons. The van der Waals surface area contributed by atoms with Crippen LogP contribution >= 0.6 is 11.8 Å². The van der Waals surface area contributed by atoms with Gasteiger partial charge >= 0.3 is 0 Å². The highest BCUT2D eigenvalue weighted by Gasteiger charge is 2.22. The third-order valence-electron chi connectivity index (χ3n) is 3.63. The molecule has 1 aliphatic heterocycles. The Hall–Kier alpha value is -1.60. The van der Waals surface area contributed by atoms with Gasteiger partial charge in [0.05, 0.1) is 9.82 Å². The van der Waals surface area contributed by atoms with Crippen LogP contribution in [0.3, 0.4) is 0 Å². The number of carbonyl (C=O) groups is 1. The third-order valence-corrected chi connectivity index (χ3v) is 4.41. The lowest BCUT2D eigenvalue weighted by atomic mass is 10.1. The van der Waals surface area contributed by atoms with E-state index < -0.39 is 4.92 Å². The van der Waals surface area contributed by atoms with Crippen LogP contribution in [0.1, 0.15) is 16.8 Å². The summed E-state index contributed by atoms with van der Waals surface area (Å²) in [4.78, 5) is 27.7. The van der Waals surface area contributed by atoms with Crippen LogP contribution < -0.4 is 0 Å². The van der Waals surface area contributed by atoms with E-state index in [4.69, 9.17) is 0 Å². The molecule has 0 aromatic heterocycles. The Morgan fingerprint density at radius 3 is 2.71 bits per heavy atom. The average molecular weight is 309 g/mol. The Kier molecular flexibility index (Phi) is 5.19. The number of amides is 1. The van der Waals surface area contributed by atoms with Crippen LogP contribution in [0.4, 0.5) is 5.69 Å². The van der Waals surface area contributed by atoms with Crippen molar-refractivity contribution in [2.75, 3.05) is 39.5 Å². The van der Waals surface area contributed by atoms with Gasteiger partial charge in [-0.2, -0.15) is 0 Å². The summed E-state index contributed by atoms with van der Waals surface area (Å²) < 4.78 is 0. The highest BCUT2D eigenvalue weighted by atomic mass is 32.2. The quantitative estimate of drug-likeness (QED) is 0.486. The first kappa shape index (κ1) is 15.8. The minimum Gasteiger partial charge on any atom is -0.337 e. The van der Waals surface area contributed by atoms with Crippen molar-refractivity contribution in [3.05, 3.63) is 33.9 Å². The number of nitrogens with zero attached hydrogens (tertiary/aromatic N) is 3. The number of nitro groups is 1. The largest absolute Gasteiger partial charge is 0.337 e. The fourth-order valence-electron chi connectivity index (χ4n) is 2.40. The predicted molar refractivity (Wildman–Crippen MR) is 82.9 cm³/mol. The number of hydrogen-bond donors (Lipinski definition) is 0. The number of likely N-dealkylation sites (N-methyl/N-ethyl adjacent to an activating group) is 1. The van der Waals surface area contributed by atoms with Crippen LogP contribution in [0.5, 0.6) is 0 Å². The molecular formula is C14H19N3O3S. The smallest absolute Gasteiger partial charge is 0.283 e. The number of carbonyl (C=O) groups excluding carboxylic acids is 1. The summed E-state index contributed by atoms with van der Waals surface area (Å²) in [7, 11) is 2.03. The average Bonchev–Trinajstić information content (AvgIpc) is 2.70. The molecule has 1 aliphatic rings. The molecule has 2 rings (SSSR count). The van der Waals surface area contributed by atoms with E-state index in [1.807, 2.05) is 7.05 Å².